The first-order valence-corrected chi connectivity index (χ1v) is 18.1. The second-order valence-electron chi connectivity index (χ2n) is 12.7. The van der Waals surface area contributed by atoms with Crippen LogP contribution in [0.2, 0.25) is 0 Å². The van der Waals surface area contributed by atoms with Gasteiger partial charge in [0.2, 0.25) is 0 Å². The van der Waals surface area contributed by atoms with Crippen LogP contribution in [0.1, 0.15) is 111 Å². The van der Waals surface area contributed by atoms with E-state index in [-0.39, 0.29) is 6.61 Å². The van der Waals surface area contributed by atoms with Crippen molar-refractivity contribution in [1.82, 2.24) is 0 Å². The molecule has 0 saturated heterocycles. The van der Waals surface area contributed by atoms with Crippen LogP contribution < -0.4 is 5.73 Å². The Kier molecular flexibility index (Phi) is 16.2. The van der Waals surface area contributed by atoms with Gasteiger partial charge in [-0.15, -0.1) is 0 Å². The zero-order valence-corrected chi connectivity index (χ0v) is 28.9. The van der Waals surface area contributed by atoms with E-state index in [9.17, 15) is 4.79 Å². The first-order chi connectivity index (χ1) is 23.6. The number of hydrogen-bond acceptors (Lipinski definition) is 4. The molecule has 0 amide bonds. The number of unbranched alkanes of at least 4 members (excludes halogenated alkanes) is 11. The number of allylic oxidation sites excluding steroid dienone is 1. The summed E-state index contributed by atoms with van der Waals surface area (Å²) in [6, 6.07) is 39.2. The molecule has 48 heavy (non-hydrogen) atoms. The van der Waals surface area contributed by atoms with E-state index in [1.54, 1.807) is 12.1 Å². The average molecular weight is 646 g/mol. The summed E-state index contributed by atoms with van der Waals surface area (Å²) in [7, 11) is 0. The van der Waals surface area contributed by atoms with Gasteiger partial charge in [0.1, 0.15) is 11.7 Å². The molecule has 0 bridgehead atoms. The van der Waals surface area contributed by atoms with Gasteiger partial charge in [-0.25, -0.2) is 4.79 Å². The van der Waals surface area contributed by atoms with Crippen molar-refractivity contribution in [1.29, 1.82) is 0 Å². The van der Waals surface area contributed by atoms with Gasteiger partial charge in [-0.3, -0.25) is 0 Å². The maximum atomic E-state index is 13.2. The number of carbonyl (C=O) groups excluding carboxylic acids is 1. The fourth-order valence-electron chi connectivity index (χ4n) is 6.28. The molecular weight excluding hydrogens is 590 g/mol. The van der Waals surface area contributed by atoms with Crippen LogP contribution in [0, 0.1) is 0 Å². The van der Waals surface area contributed by atoms with Crippen LogP contribution >= 0.6 is 0 Å². The van der Waals surface area contributed by atoms with Gasteiger partial charge in [-0.1, -0.05) is 186 Å². The molecule has 4 aromatic rings. The molecule has 4 aromatic carbocycles. The topological polar surface area (TPSA) is 61.5 Å². The Balaban J connectivity index is 1.44. The molecule has 4 nitrogen and oxygen atoms in total. The third-order valence-corrected chi connectivity index (χ3v) is 9.01. The van der Waals surface area contributed by atoms with Crippen LogP contribution in [-0.4, -0.2) is 24.7 Å². The van der Waals surface area contributed by atoms with Gasteiger partial charge < -0.3 is 15.2 Å². The number of benzene rings is 4. The maximum absolute atomic E-state index is 13.2. The summed E-state index contributed by atoms with van der Waals surface area (Å²) in [5.74, 6) is -0.393. The zero-order valence-electron chi connectivity index (χ0n) is 28.9. The van der Waals surface area contributed by atoms with Gasteiger partial charge in [0.05, 0.1) is 18.2 Å². The first-order valence-electron chi connectivity index (χ1n) is 18.1. The van der Waals surface area contributed by atoms with Crippen molar-refractivity contribution >= 4 is 5.97 Å². The fourth-order valence-corrected chi connectivity index (χ4v) is 6.28. The number of esters is 1. The number of rotatable bonds is 22. The highest BCUT2D eigenvalue weighted by molar-refractivity contribution is 5.89. The Morgan fingerprint density at radius 2 is 1.04 bits per heavy atom. The standard InChI is InChI=1S/C44H55NO3/c1-2-3-4-5-6-7-8-9-10-11-12-13-26-35-42(48-43(46)37-27-18-14-19-28-37)41(45)36-47-44(38-29-20-15-21-30-38,39-31-22-16-23-32-39)40-33-24-17-25-34-40/h14-35,41-42H,2-13,36,45H2,1H3/b35-26+/t41-,42+/m0/s1. The molecular formula is C44H55NO3. The lowest BCUT2D eigenvalue weighted by molar-refractivity contribution is -0.0174. The summed E-state index contributed by atoms with van der Waals surface area (Å²) in [4.78, 5) is 13.2. The molecule has 2 atom stereocenters. The minimum atomic E-state index is -0.908. The molecule has 0 aliphatic carbocycles. The number of nitrogens with two attached hydrogens (primary N) is 1. The van der Waals surface area contributed by atoms with E-state index in [1.165, 1.54) is 64.2 Å². The Bertz CT molecular complexity index is 1340. The van der Waals surface area contributed by atoms with Gasteiger partial charge in [0, 0.05) is 0 Å². The Morgan fingerprint density at radius 3 is 1.50 bits per heavy atom. The Morgan fingerprint density at radius 1 is 0.625 bits per heavy atom. The smallest absolute Gasteiger partial charge is 0.338 e. The quantitative estimate of drug-likeness (QED) is 0.0400. The molecule has 0 aromatic heterocycles. The Labute approximate surface area is 289 Å². The van der Waals surface area contributed by atoms with Crippen LogP contribution in [0.15, 0.2) is 133 Å². The molecule has 0 saturated carbocycles. The minimum Gasteiger partial charge on any atom is -0.453 e. The second kappa shape index (κ2) is 21.1. The molecule has 0 spiro atoms. The molecule has 0 radical (unpaired) electrons. The second-order valence-corrected chi connectivity index (χ2v) is 12.7. The van der Waals surface area contributed by atoms with E-state index >= 15 is 0 Å². The first kappa shape index (κ1) is 36.8. The van der Waals surface area contributed by atoms with Crippen molar-refractivity contribution in [3.8, 4) is 0 Å². The van der Waals surface area contributed by atoms with Crippen molar-refractivity contribution < 1.29 is 14.3 Å². The van der Waals surface area contributed by atoms with Crippen molar-refractivity contribution in [2.24, 2.45) is 5.73 Å². The predicted molar refractivity (Wildman–Crippen MR) is 199 cm³/mol. The van der Waals surface area contributed by atoms with Crippen molar-refractivity contribution in [3.05, 3.63) is 156 Å². The SMILES string of the molecule is CCCCCCCCCCCCC/C=C/[C@@H](OC(=O)c1ccccc1)[C@@H](N)COC(c1ccccc1)(c1ccccc1)c1ccccc1. The summed E-state index contributed by atoms with van der Waals surface area (Å²) in [5.41, 5.74) is 9.47. The largest absolute Gasteiger partial charge is 0.453 e. The molecule has 0 aliphatic rings. The van der Waals surface area contributed by atoms with E-state index in [2.05, 4.69) is 49.4 Å². The fraction of sp³-hybridized carbons (Fsp3) is 0.386. The highest BCUT2D eigenvalue weighted by atomic mass is 16.5. The molecule has 4 heteroatoms. The average Bonchev–Trinajstić information content (AvgIpc) is 3.15. The van der Waals surface area contributed by atoms with Gasteiger partial charge >= 0.3 is 5.97 Å². The highest BCUT2D eigenvalue weighted by Gasteiger charge is 2.38. The van der Waals surface area contributed by atoms with Crippen LogP contribution in [0.25, 0.3) is 0 Å². The lowest BCUT2D eigenvalue weighted by Gasteiger charge is -2.37. The van der Waals surface area contributed by atoms with E-state index in [4.69, 9.17) is 15.2 Å². The van der Waals surface area contributed by atoms with Gasteiger partial charge in [0.15, 0.2) is 0 Å². The summed E-state index contributed by atoms with van der Waals surface area (Å²) in [5, 5.41) is 0. The monoisotopic (exact) mass is 645 g/mol. The van der Waals surface area contributed by atoms with Crippen molar-refractivity contribution in [3.63, 3.8) is 0 Å². The third kappa shape index (κ3) is 11.3. The van der Waals surface area contributed by atoms with Crippen LogP contribution in [-0.2, 0) is 15.1 Å². The van der Waals surface area contributed by atoms with E-state index < -0.39 is 23.7 Å². The lowest BCUT2D eigenvalue weighted by atomic mass is 9.80. The van der Waals surface area contributed by atoms with E-state index in [1.807, 2.05) is 78.9 Å². The molecule has 2 N–H and O–H groups in total. The summed E-state index contributed by atoms with van der Waals surface area (Å²) in [6.07, 6.45) is 18.8. The number of ether oxygens (including phenoxy) is 2. The molecule has 0 unspecified atom stereocenters. The van der Waals surface area contributed by atoms with Gasteiger partial charge in [-0.05, 0) is 47.7 Å². The van der Waals surface area contributed by atoms with Gasteiger partial charge in [0.25, 0.3) is 0 Å². The number of hydrogen-bond donors (Lipinski definition) is 1. The van der Waals surface area contributed by atoms with Crippen LogP contribution in [0.4, 0.5) is 0 Å². The van der Waals surface area contributed by atoms with E-state index in [0.29, 0.717) is 5.56 Å². The van der Waals surface area contributed by atoms with Crippen molar-refractivity contribution in [2.75, 3.05) is 6.61 Å². The number of carbonyl (C=O) groups is 1. The minimum absolute atomic E-state index is 0.161. The lowest BCUT2D eigenvalue weighted by Crippen LogP contribution is -2.44. The highest BCUT2D eigenvalue weighted by Crippen LogP contribution is 2.40. The zero-order chi connectivity index (χ0) is 33.7. The van der Waals surface area contributed by atoms with Crippen LogP contribution in [0.3, 0.4) is 0 Å². The molecule has 254 valence electrons. The summed E-state index contributed by atoms with van der Waals surface area (Å²) >= 11 is 0. The normalized spacial score (nSPS) is 13.0. The maximum Gasteiger partial charge on any atom is 0.338 e. The summed E-state index contributed by atoms with van der Waals surface area (Å²) in [6.45, 7) is 2.43. The molecule has 0 heterocycles. The predicted octanol–water partition coefficient (Wildman–Crippen LogP) is 10.8. The molecule has 4 rings (SSSR count). The van der Waals surface area contributed by atoms with E-state index in [0.717, 1.165) is 29.5 Å². The molecule has 0 fully saturated rings. The van der Waals surface area contributed by atoms with Crippen LogP contribution in [0.5, 0.6) is 0 Å². The molecule has 0 aliphatic heterocycles. The van der Waals surface area contributed by atoms with Crippen molar-refractivity contribution in [2.45, 2.75) is 102 Å². The Hall–Kier alpha value is -3.99. The third-order valence-electron chi connectivity index (χ3n) is 9.01. The summed E-state index contributed by atoms with van der Waals surface area (Å²) < 4.78 is 13.0. The van der Waals surface area contributed by atoms with Gasteiger partial charge in [-0.2, -0.15) is 0 Å².